The van der Waals surface area contributed by atoms with Crippen LogP contribution in [0.4, 0.5) is 5.69 Å². The van der Waals surface area contributed by atoms with Crippen LogP contribution in [0.5, 0.6) is 0 Å². The van der Waals surface area contributed by atoms with Gasteiger partial charge in [0.25, 0.3) is 0 Å². The Labute approximate surface area is 221 Å². The third kappa shape index (κ3) is 7.35. The van der Waals surface area contributed by atoms with E-state index in [9.17, 15) is 15.3 Å². The monoisotopic (exact) mass is 498 g/mol. The lowest BCUT2D eigenvalue weighted by atomic mass is 10.1. The fraction of sp³-hybridized carbons (Fsp3) is 0.433. The van der Waals surface area contributed by atoms with Crippen LogP contribution in [-0.4, -0.2) is 48.4 Å². The number of nitrogens with zero attached hydrogens (tertiary/aromatic N) is 5. The van der Waals surface area contributed by atoms with Crippen molar-refractivity contribution in [1.82, 2.24) is 15.1 Å². The first-order valence-corrected chi connectivity index (χ1v) is 13.1. The zero-order valence-electron chi connectivity index (χ0n) is 22.5. The molecule has 37 heavy (non-hydrogen) atoms. The van der Waals surface area contributed by atoms with Crippen LogP contribution in [0, 0.1) is 36.5 Å². The fourth-order valence-electron chi connectivity index (χ4n) is 4.96. The highest BCUT2D eigenvalue weighted by atomic mass is 16.2. The molecule has 7 nitrogen and oxygen atoms in total. The molecule has 0 unspecified atom stereocenters. The smallest absolute Gasteiger partial charge is 0.228 e. The quantitative estimate of drug-likeness (QED) is 0.359. The number of rotatable bonds is 11. The van der Waals surface area contributed by atoms with Gasteiger partial charge < -0.3 is 20.0 Å². The van der Waals surface area contributed by atoms with E-state index < -0.39 is 0 Å². The van der Waals surface area contributed by atoms with E-state index in [0.717, 1.165) is 36.3 Å². The van der Waals surface area contributed by atoms with Gasteiger partial charge in [0.2, 0.25) is 5.91 Å². The molecule has 1 amide bonds. The number of anilines is 1. The zero-order valence-corrected chi connectivity index (χ0v) is 22.5. The molecule has 1 aliphatic rings. The highest BCUT2D eigenvalue weighted by Crippen LogP contribution is 2.26. The molecule has 1 heterocycles. The highest BCUT2D eigenvalue weighted by molar-refractivity contribution is 5.93. The van der Waals surface area contributed by atoms with Crippen molar-refractivity contribution in [2.75, 3.05) is 37.6 Å². The maximum atomic E-state index is 13.3. The minimum atomic E-state index is 0.0312. The Morgan fingerprint density at radius 2 is 1.70 bits per heavy atom. The third-order valence-electron chi connectivity index (χ3n) is 6.53. The predicted molar refractivity (Wildman–Crippen MR) is 147 cm³/mol. The number of hydrogen-bond acceptors (Lipinski definition) is 6. The molecule has 7 heteroatoms. The molecule has 0 spiro atoms. The van der Waals surface area contributed by atoms with Gasteiger partial charge in [-0.1, -0.05) is 48.4 Å². The average molecular weight is 499 g/mol. The van der Waals surface area contributed by atoms with E-state index in [2.05, 4.69) is 73.5 Å². The maximum absolute atomic E-state index is 13.3. The van der Waals surface area contributed by atoms with Crippen LogP contribution in [0.1, 0.15) is 48.9 Å². The molecule has 0 aliphatic carbocycles. The van der Waals surface area contributed by atoms with Gasteiger partial charge in [-0.25, -0.2) is 0 Å². The molecule has 1 saturated heterocycles. The number of hydrogen-bond donors (Lipinski definition) is 1. The van der Waals surface area contributed by atoms with Crippen LogP contribution in [0.3, 0.4) is 0 Å². The second kappa shape index (κ2) is 13.5. The van der Waals surface area contributed by atoms with Crippen LogP contribution in [0.2, 0.25) is 0 Å². The van der Waals surface area contributed by atoms with Gasteiger partial charge in [-0.15, -0.1) is 0 Å². The van der Waals surface area contributed by atoms with Crippen molar-refractivity contribution in [2.24, 2.45) is 0 Å². The van der Waals surface area contributed by atoms with Crippen molar-refractivity contribution in [3.63, 3.8) is 0 Å². The average Bonchev–Trinajstić information content (AvgIpc) is 3.26. The molecular formula is C30H38N6O. The minimum Gasteiger partial charge on any atom is -0.354 e. The number of allylic oxidation sites excluding steroid dienone is 1. The van der Waals surface area contributed by atoms with Crippen LogP contribution in [0.15, 0.2) is 53.9 Å². The van der Waals surface area contributed by atoms with Gasteiger partial charge in [0.1, 0.15) is 18.0 Å². The molecule has 1 N–H and O–H groups in total. The predicted octanol–water partition coefficient (Wildman–Crippen LogP) is 4.62. The summed E-state index contributed by atoms with van der Waals surface area (Å²) in [7, 11) is 0. The number of benzene rings is 2. The first kappa shape index (κ1) is 27.8. The lowest BCUT2D eigenvalue weighted by molar-refractivity contribution is -0.118. The van der Waals surface area contributed by atoms with Gasteiger partial charge >= 0.3 is 0 Å². The van der Waals surface area contributed by atoms with E-state index in [1.165, 1.54) is 11.1 Å². The molecule has 0 atom stereocenters. The molecule has 0 saturated carbocycles. The van der Waals surface area contributed by atoms with Crippen LogP contribution < -0.4 is 10.2 Å². The summed E-state index contributed by atoms with van der Waals surface area (Å²) in [5.41, 5.74) is 5.66. The number of carbonyl (C=O) groups is 1. The summed E-state index contributed by atoms with van der Waals surface area (Å²) < 4.78 is 0. The minimum absolute atomic E-state index is 0.0312. The Bertz CT molecular complexity index is 1170. The molecule has 0 bridgehead atoms. The number of amides is 1. The van der Waals surface area contributed by atoms with Crippen molar-refractivity contribution in [2.45, 2.75) is 53.6 Å². The fourth-order valence-corrected chi connectivity index (χ4v) is 4.96. The van der Waals surface area contributed by atoms with Gasteiger partial charge in [-0.05, 0) is 57.0 Å². The first-order valence-electron chi connectivity index (χ1n) is 13.1. The molecule has 2 aromatic carbocycles. The van der Waals surface area contributed by atoms with E-state index in [-0.39, 0.29) is 11.5 Å². The molecule has 1 aliphatic heterocycles. The number of nitrogens with one attached hydrogen (secondary N) is 1. The molecular weight excluding hydrogens is 460 g/mol. The second-order valence-electron chi connectivity index (χ2n) is 9.56. The topological polar surface area (TPSA) is 86.4 Å². The van der Waals surface area contributed by atoms with Gasteiger partial charge in [0.05, 0.1) is 0 Å². The van der Waals surface area contributed by atoms with Crippen molar-refractivity contribution in [1.29, 1.82) is 10.5 Å². The Hall–Kier alpha value is -3.81. The van der Waals surface area contributed by atoms with E-state index in [0.29, 0.717) is 45.0 Å². The normalized spacial score (nSPS) is 12.9. The van der Waals surface area contributed by atoms with Crippen molar-refractivity contribution < 1.29 is 4.79 Å². The van der Waals surface area contributed by atoms with Gasteiger partial charge in [0.15, 0.2) is 5.57 Å². The van der Waals surface area contributed by atoms with E-state index >= 15 is 0 Å². The molecule has 1 fully saturated rings. The summed E-state index contributed by atoms with van der Waals surface area (Å²) in [4.78, 5) is 19.2. The van der Waals surface area contributed by atoms with Crippen molar-refractivity contribution >= 4 is 11.6 Å². The Kier molecular flexibility index (Phi) is 10.1. The SMILES string of the molecule is CCCNCc1cccc(N(CC)C(=O)CCN2CCN(Cc3cc(C)cc(C)c3)C2=C(C#N)C#N)c1. The summed E-state index contributed by atoms with van der Waals surface area (Å²) in [6, 6.07) is 18.7. The van der Waals surface area contributed by atoms with Crippen molar-refractivity contribution in [3.05, 3.63) is 76.1 Å². The summed E-state index contributed by atoms with van der Waals surface area (Å²) in [5, 5.41) is 22.7. The Morgan fingerprint density at radius 1 is 1.00 bits per heavy atom. The van der Waals surface area contributed by atoms with E-state index in [4.69, 9.17) is 0 Å². The standard InChI is InChI=1S/C30H38N6O/c1-5-11-33-21-25-8-7-9-28(18-25)36(6-2)29(37)10-12-34-13-14-35(30(34)27(19-31)20-32)22-26-16-23(3)15-24(4)17-26/h7-9,15-18,33H,5-6,10-14,21-22H2,1-4H3. The summed E-state index contributed by atoms with van der Waals surface area (Å²) in [6.45, 7) is 13.0. The number of nitriles is 2. The molecule has 0 radical (unpaired) electrons. The largest absolute Gasteiger partial charge is 0.354 e. The number of carbonyl (C=O) groups excluding carboxylic acids is 1. The van der Waals surface area contributed by atoms with Gasteiger partial charge in [-0.3, -0.25) is 4.79 Å². The zero-order chi connectivity index (χ0) is 26.8. The van der Waals surface area contributed by atoms with Crippen LogP contribution >= 0.6 is 0 Å². The molecule has 3 rings (SSSR count). The lowest BCUT2D eigenvalue weighted by Crippen LogP contribution is -2.34. The third-order valence-corrected chi connectivity index (χ3v) is 6.53. The Balaban J connectivity index is 1.72. The van der Waals surface area contributed by atoms with Gasteiger partial charge in [-0.2, -0.15) is 10.5 Å². The summed E-state index contributed by atoms with van der Waals surface area (Å²) in [6.07, 6.45) is 1.38. The van der Waals surface area contributed by atoms with Crippen LogP contribution in [-0.2, 0) is 17.9 Å². The van der Waals surface area contributed by atoms with Gasteiger partial charge in [0, 0.05) is 51.4 Å². The summed E-state index contributed by atoms with van der Waals surface area (Å²) >= 11 is 0. The second-order valence-corrected chi connectivity index (χ2v) is 9.56. The highest BCUT2D eigenvalue weighted by Gasteiger charge is 2.29. The van der Waals surface area contributed by atoms with Crippen molar-refractivity contribution in [3.8, 4) is 12.1 Å². The van der Waals surface area contributed by atoms with E-state index in [1.54, 1.807) is 0 Å². The maximum Gasteiger partial charge on any atom is 0.228 e. The number of aryl methyl sites for hydroxylation is 2. The van der Waals surface area contributed by atoms with Crippen LogP contribution in [0.25, 0.3) is 0 Å². The molecule has 194 valence electrons. The first-order chi connectivity index (χ1) is 17.9. The molecule has 2 aromatic rings. The lowest BCUT2D eigenvalue weighted by Gasteiger charge is -2.27. The summed E-state index contributed by atoms with van der Waals surface area (Å²) in [5.74, 6) is 0.660. The van der Waals surface area contributed by atoms with E-state index in [1.807, 2.05) is 28.9 Å². The Morgan fingerprint density at radius 3 is 2.35 bits per heavy atom. The molecule has 0 aromatic heterocycles.